The monoisotopic (exact) mass is 219 g/mol. The Kier molecular flexibility index (Phi) is 2.07. The molecule has 2 aromatic heterocycles. The fourth-order valence-electron chi connectivity index (χ4n) is 2.10. The zero-order valence-electron chi connectivity index (χ0n) is 9.12. The summed E-state index contributed by atoms with van der Waals surface area (Å²) in [6.45, 7) is 3.09. The molecule has 0 unspecified atom stereocenters. The summed E-state index contributed by atoms with van der Waals surface area (Å²) in [4.78, 5) is 16.7. The second kappa shape index (κ2) is 3.45. The highest BCUT2D eigenvalue weighted by atomic mass is 16.5. The molecule has 0 aliphatic carbocycles. The van der Waals surface area contributed by atoms with Gasteiger partial charge >= 0.3 is 0 Å². The van der Waals surface area contributed by atoms with Crippen LogP contribution in [-0.4, -0.2) is 21.2 Å². The molecule has 0 saturated heterocycles. The van der Waals surface area contributed by atoms with E-state index in [-0.39, 0.29) is 5.56 Å². The highest BCUT2D eigenvalue weighted by Crippen LogP contribution is 2.14. The van der Waals surface area contributed by atoms with Gasteiger partial charge in [-0.15, -0.1) is 0 Å². The normalized spacial score (nSPS) is 15.3. The molecular formula is C11H13N3O2. The maximum absolute atomic E-state index is 12.1. The van der Waals surface area contributed by atoms with Gasteiger partial charge < -0.3 is 4.74 Å². The minimum absolute atomic E-state index is 0.0283. The molecule has 0 saturated carbocycles. The van der Waals surface area contributed by atoms with Crippen molar-refractivity contribution in [1.29, 1.82) is 0 Å². The lowest BCUT2D eigenvalue weighted by molar-refractivity contribution is 0.108. The first-order valence-corrected chi connectivity index (χ1v) is 5.49. The number of aromatic nitrogens is 3. The van der Waals surface area contributed by atoms with E-state index in [0.29, 0.717) is 18.8 Å². The lowest BCUT2D eigenvalue weighted by Gasteiger charge is -2.14. The molecule has 3 heterocycles. The zero-order chi connectivity index (χ0) is 11.1. The third-order valence-corrected chi connectivity index (χ3v) is 3.03. The molecule has 2 aromatic rings. The first-order chi connectivity index (χ1) is 7.81. The van der Waals surface area contributed by atoms with Crippen LogP contribution in [0, 0.1) is 0 Å². The van der Waals surface area contributed by atoms with Gasteiger partial charge in [0.15, 0.2) is 5.65 Å². The maximum atomic E-state index is 12.1. The van der Waals surface area contributed by atoms with Gasteiger partial charge in [-0.05, 0) is 6.42 Å². The molecule has 1 aliphatic heterocycles. The van der Waals surface area contributed by atoms with Crippen molar-refractivity contribution in [3.8, 4) is 0 Å². The average molecular weight is 219 g/mol. The highest BCUT2D eigenvalue weighted by molar-refractivity contribution is 5.48. The molecule has 0 aromatic carbocycles. The minimum atomic E-state index is -0.0283. The number of hydrogen-bond donors (Lipinski definition) is 1. The van der Waals surface area contributed by atoms with E-state index in [9.17, 15) is 4.79 Å². The van der Waals surface area contributed by atoms with Crippen molar-refractivity contribution in [3.05, 3.63) is 33.4 Å². The molecule has 1 aliphatic rings. The number of aromatic amines is 1. The number of aryl methyl sites for hydroxylation is 1. The van der Waals surface area contributed by atoms with Crippen LogP contribution in [0.1, 0.15) is 23.7 Å². The largest absolute Gasteiger partial charge is 0.376 e. The van der Waals surface area contributed by atoms with Crippen LogP contribution in [0.4, 0.5) is 0 Å². The van der Waals surface area contributed by atoms with E-state index in [4.69, 9.17) is 4.74 Å². The molecule has 0 fully saturated rings. The van der Waals surface area contributed by atoms with E-state index in [0.717, 1.165) is 29.7 Å². The van der Waals surface area contributed by atoms with Crippen LogP contribution in [0.5, 0.6) is 0 Å². The Morgan fingerprint density at radius 3 is 3.31 bits per heavy atom. The van der Waals surface area contributed by atoms with E-state index in [1.807, 2.05) is 6.20 Å². The topological polar surface area (TPSA) is 59.4 Å². The van der Waals surface area contributed by atoms with Gasteiger partial charge in [0.25, 0.3) is 5.56 Å². The average Bonchev–Trinajstić information content (AvgIpc) is 2.72. The van der Waals surface area contributed by atoms with Crippen LogP contribution >= 0.6 is 0 Å². The Morgan fingerprint density at radius 1 is 1.62 bits per heavy atom. The second-order valence-corrected chi connectivity index (χ2v) is 3.96. The smallest absolute Gasteiger partial charge is 0.278 e. The van der Waals surface area contributed by atoms with Gasteiger partial charge in [0.05, 0.1) is 24.5 Å². The summed E-state index contributed by atoms with van der Waals surface area (Å²) < 4.78 is 6.80. The number of H-pyrrole nitrogens is 1. The molecule has 1 N–H and O–H groups in total. The molecule has 0 atom stereocenters. The van der Waals surface area contributed by atoms with Crippen molar-refractivity contribution in [2.24, 2.45) is 0 Å². The van der Waals surface area contributed by atoms with E-state index in [1.54, 1.807) is 0 Å². The first-order valence-electron chi connectivity index (χ1n) is 5.49. The predicted molar refractivity (Wildman–Crippen MR) is 58.6 cm³/mol. The minimum Gasteiger partial charge on any atom is -0.376 e. The lowest BCUT2D eigenvalue weighted by atomic mass is 10.1. The Bertz CT molecular complexity index is 597. The van der Waals surface area contributed by atoms with Crippen molar-refractivity contribution < 1.29 is 4.74 Å². The number of hydrogen-bond acceptors (Lipinski definition) is 3. The van der Waals surface area contributed by atoms with Crippen LogP contribution in [0.2, 0.25) is 0 Å². The Balaban J connectivity index is 2.36. The summed E-state index contributed by atoms with van der Waals surface area (Å²) in [6, 6.07) is 0. The van der Waals surface area contributed by atoms with Gasteiger partial charge in [0, 0.05) is 18.2 Å². The number of rotatable bonds is 1. The van der Waals surface area contributed by atoms with Crippen molar-refractivity contribution in [2.45, 2.75) is 26.4 Å². The summed E-state index contributed by atoms with van der Waals surface area (Å²) in [7, 11) is 0. The summed E-state index contributed by atoms with van der Waals surface area (Å²) >= 11 is 0. The van der Waals surface area contributed by atoms with Crippen LogP contribution in [0.15, 0.2) is 11.0 Å². The predicted octanol–water partition coefficient (Wildman–Crippen LogP) is 0.658. The Hall–Kier alpha value is -1.62. The molecule has 0 radical (unpaired) electrons. The summed E-state index contributed by atoms with van der Waals surface area (Å²) in [5.41, 5.74) is 3.39. The number of nitrogens with zero attached hydrogens (tertiary/aromatic N) is 2. The molecule has 16 heavy (non-hydrogen) atoms. The molecular weight excluding hydrogens is 206 g/mol. The van der Waals surface area contributed by atoms with Crippen molar-refractivity contribution in [2.75, 3.05) is 6.61 Å². The fraction of sp³-hybridized carbons (Fsp3) is 0.455. The summed E-state index contributed by atoms with van der Waals surface area (Å²) in [5.74, 6) is 0. The van der Waals surface area contributed by atoms with Gasteiger partial charge in [0.2, 0.25) is 0 Å². The lowest BCUT2D eigenvalue weighted by Crippen LogP contribution is -2.27. The summed E-state index contributed by atoms with van der Waals surface area (Å²) in [5, 5.41) is 2.94. The van der Waals surface area contributed by atoms with Crippen LogP contribution in [-0.2, 0) is 24.2 Å². The maximum Gasteiger partial charge on any atom is 0.278 e. The third-order valence-electron chi connectivity index (χ3n) is 3.03. The van der Waals surface area contributed by atoms with Gasteiger partial charge in [-0.3, -0.25) is 9.89 Å². The van der Waals surface area contributed by atoms with Crippen LogP contribution in [0.25, 0.3) is 5.65 Å². The molecule has 0 amide bonds. The van der Waals surface area contributed by atoms with Gasteiger partial charge in [-0.2, -0.15) is 0 Å². The Morgan fingerprint density at radius 2 is 2.50 bits per heavy atom. The van der Waals surface area contributed by atoms with E-state index in [2.05, 4.69) is 17.0 Å². The molecule has 0 spiro atoms. The molecule has 0 bridgehead atoms. The zero-order valence-corrected chi connectivity index (χ0v) is 9.12. The standard InChI is InChI=1S/C11H13N3O2/c1-2-7-5-12-14-10(7)13-9-3-4-16-6-8(9)11(14)15/h5,12H,2-4,6H2,1H3. The van der Waals surface area contributed by atoms with E-state index < -0.39 is 0 Å². The molecule has 5 nitrogen and oxygen atoms in total. The highest BCUT2D eigenvalue weighted by Gasteiger charge is 2.18. The third kappa shape index (κ3) is 1.21. The molecule has 5 heteroatoms. The van der Waals surface area contributed by atoms with Crippen molar-refractivity contribution >= 4 is 5.65 Å². The van der Waals surface area contributed by atoms with Gasteiger partial charge in [0.1, 0.15) is 0 Å². The number of nitrogens with one attached hydrogen (secondary N) is 1. The van der Waals surface area contributed by atoms with Crippen LogP contribution in [0.3, 0.4) is 0 Å². The van der Waals surface area contributed by atoms with E-state index >= 15 is 0 Å². The fourth-order valence-corrected chi connectivity index (χ4v) is 2.10. The second-order valence-electron chi connectivity index (χ2n) is 3.96. The summed E-state index contributed by atoms with van der Waals surface area (Å²) in [6.07, 6.45) is 3.44. The molecule has 3 rings (SSSR count). The Labute approximate surface area is 92.1 Å². The quantitative estimate of drug-likeness (QED) is 0.766. The van der Waals surface area contributed by atoms with Gasteiger partial charge in [-0.1, -0.05) is 6.92 Å². The first kappa shape index (κ1) is 9.59. The number of ether oxygens (including phenoxy) is 1. The van der Waals surface area contributed by atoms with Gasteiger partial charge in [-0.25, -0.2) is 9.50 Å². The van der Waals surface area contributed by atoms with Crippen molar-refractivity contribution in [1.82, 2.24) is 14.6 Å². The van der Waals surface area contributed by atoms with Crippen LogP contribution < -0.4 is 5.56 Å². The molecule has 84 valence electrons. The van der Waals surface area contributed by atoms with Crippen molar-refractivity contribution in [3.63, 3.8) is 0 Å². The number of fused-ring (bicyclic) bond motifs is 2. The van der Waals surface area contributed by atoms with E-state index in [1.165, 1.54) is 4.52 Å². The SMILES string of the molecule is CCc1c[nH]n2c(=O)c3c(nc12)CCOC3.